The van der Waals surface area contributed by atoms with Crippen LogP contribution in [-0.2, 0) is 0 Å². The van der Waals surface area contributed by atoms with E-state index in [1.165, 1.54) is 0 Å². The Morgan fingerprint density at radius 1 is 1.53 bits per heavy atom. The Labute approximate surface area is 107 Å². The highest BCUT2D eigenvalue weighted by atomic mass is 79.9. The molecule has 0 fully saturated rings. The first-order valence-electron chi connectivity index (χ1n) is 4.37. The molecule has 0 radical (unpaired) electrons. The highest BCUT2D eigenvalue weighted by Gasteiger charge is 2.13. The van der Waals surface area contributed by atoms with Crippen LogP contribution in [0.5, 0.6) is 0 Å². The van der Waals surface area contributed by atoms with E-state index in [1.807, 2.05) is 6.92 Å². The predicted molar refractivity (Wildman–Crippen MR) is 67.2 cm³/mol. The van der Waals surface area contributed by atoms with Gasteiger partial charge in [-0.2, -0.15) is 0 Å². The summed E-state index contributed by atoms with van der Waals surface area (Å²) >= 11 is 15.0. The fraction of sp³-hybridized carbons (Fsp3) is 0.300. The van der Waals surface area contributed by atoms with Gasteiger partial charge in [0.15, 0.2) is 0 Å². The lowest BCUT2D eigenvalue weighted by Crippen LogP contribution is -2.33. The highest BCUT2D eigenvalue weighted by molar-refractivity contribution is 9.09. The third-order valence-corrected chi connectivity index (χ3v) is 3.60. The van der Waals surface area contributed by atoms with E-state index in [4.69, 9.17) is 23.2 Å². The van der Waals surface area contributed by atoms with E-state index < -0.39 is 0 Å². The van der Waals surface area contributed by atoms with Crippen molar-refractivity contribution in [3.8, 4) is 0 Å². The number of amides is 1. The fourth-order valence-corrected chi connectivity index (χ4v) is 1.57. The molecule has 15 heavy (non-hydrogen) atoms. The molecule has 1 aromatic rings. The SMILES string of the molecule is CC(CBr)NC(=O)c1cccc(Cl)c1Cl. The number of hydrogen-bond acceptors (Lipinski definition) is 1. The molecular weight excluding hydrogens is 301 g/mol. The summed E-state index contributed by atoms with van der Waals surface area (Å²) in [6.07, 6.45) is 0. The van der Waals surface area contributed by atoms with Crippen molar-refractivity contribution in [1.29, 1.82) is 0 Å². The van der Waals surface area contributed by atoms with Crippen molar-refractivity contribution < 1.29 is 4.79 Å². The van der Waals surface area contributed by atoms with E-state index >= 15 is 0 Å². The van der Waals surface area contributed by atoms with Gasteiger partial charge in [0.25, 0.3) is 5.91 Å². The Bertz CT molecular complexity index is 370. The van der Waals surface area contributed by atoms with E-state index in [1.54, 1.807) is 18.2 Å². The summed E-state index contributed by atoms with van der Waals surface area (Å²) in [5.74, 6) is -0.213. The van der Waals surface area contributed by atoms with Crippen LogP contribution < -0.4 is 5.32 Å². The van der Waals surface area contributed by atoms with Crippen LogP contribution in [0.2, 0.25) is 10.0 Å². The van der Waals surface area contributed by atoms with Crippen LogP contribution in [0.15, 0.2) is 18.2 Å². The number of halogens is 3. The van der Waals surface area contributed by atoms with Gasteiger partial charge in [-0.25, -0.2) is 0 Å². The third kappa shape index (κ3) is 3.37. The highest BCUT2D eigenvalue weighted by Crippen LogP contribution is 2.25. The smallest absolute Gasteiger partial charge is 0.253 e. The van der Waals surface area contributed by atoms with Crippen LogP contribution in [0.4, 0.5) is 0 Å². The molecule has 5 heteroatoms. The zero-order chi connectivity index (χ0) is 11.4. The van der Waals surface area contributed by atoms with Crippen molar-refractivity contribution in [3.05, 3.63) is 33.8 Å². The van der Waals surface area contributed by atoms with Crippen molar-refractivity contribution in [2.24, 2.45) is 0 Å². The largest absolute Gasteiger partial charge is 0.349 e. The zero-order valence-corrected chi connectivity index (χ0v) is 11.2. The number of carbonyl (C=O) groups excluding carboxylic acids is 1. The molecule has 0 aliphatic rings. The monoisotopic (exact) mass is 309 g/mol. The van der Waals surface area contributed by atoms with E-state index in [0.717, 1.165) is 0 Å². The normalized spacial score (nSPS) is 12.3. The molecule has 0 bridgehead atoms. The second kappa shape index (κ2) is 5.73. The first kappa shape index (κ1) is 12.8. The second-order valence-corrected chi connectivity index (χ2v) is 4.56. The lowest BCUT2D eigenvalue weighted by Gasteiger charge is -2.11. The predicted octanol–water partition coefficient (Wildman–Crippen LogP) is 3.51. The number of hydrogen-bond donors (Lipinski definition) is 1. The van der Waals surface area contributed by atoms with E-state index in [-0.39, 0.29) is 11.9 Å². The van der Waals surface area contributed by atoms with Crippen LogP contribution >= 0.6 is 39.1 Å². The van der Waals surface area contributed by atoms with E-state index in [2.05, 4.69) is 21.2 Å². The number of benzene rings is 1. The van der Waals surface area contributed by atoms with Crippen LogP contribution in [0, 0.1) is 0 Å². The van der Waals surface area contributed by atoms with Crippen LogP contribution in [0.3, 0.4) is 0 Å². The Hall–Kier alpha value is -0.250. The number of nitrogens with one attached hydrogen (secondary N) is 1. The third-order valence-electron chi connectivity index (χ3n) is 1.81. The fourth-order valence-electron chi connectivity index (χ4n) is 1.02. The van der Waals surface area contributed by atoms with Gasteiger partial charge in [-0.05, 0) is 19.1 Å². The van der Waals surface area contributed by atoms with Crippen molar-refractivity contribution in [3.63, 3.8) is 0 Å². The summed E-state index contributed by atoms with van der Waals surface area (Å²) in [7, 11) is 0. The standard InChI is InChI=1S/C10H10BrCl2NO/c1-6(5-11)14-10(15)7-3-2-4-8(12)9(7)13/h2-4,6H,5H2,1H3,(H,14,15). The average molecular weight is 311 g/mol. The molecule has 0 aliphatic heterocycles. The molecule has 82 valence electrons. The minimum atomic E-state index is -0.213. The molecule has 2 nitrogen and oxygen atoms in total. The van der Waals surface area contributed by atoms with Gasteiger partial charge in [0.1, 0.15) is 0 Å². The summed E-state index contributed by atoms with van der Waals surface area (Å²) < 4.78 is 0. The van der Waals surface area contributed by atoms with E-state index in [9.17, 15) is 4.79 Å². The zero-order valence-electron chi connectivity index (χ0n) is 8.06. The molecule has 0 aliphatic carbocycles. The Morgan fingerprint density at radius 3 is 2.80 bits per heavy atom. The van der Waals surface area contributed by atoms with Crippen molar-refractivity contribution in [1.82, 2.24) is 5.32 Å². The molecule has 0 saturated carbocycles. The molecule has 0 aromatic heterocycles. The molecule has 1 aromatic carbocycles. The summed E-state index contributed by atoms with van der Waals surface area (Å²) in [5.41, 5.74) is 0.400. The molecule has 1 N–H and O–H groups in total. The molecule has 1 rings (SSSR count). The molecule has 0 spiro atoms. The van der Waals surface area contributed by atoms with Gasteiger partial charge < -0.3 is 5.32 Å². The second-order valence-electron chi connectivity index (χ2n) is 3.13. The number of alkyl halides is 1. The van der Waals surface area contributed by atoms with Gasteiger partial charge in [0, 0.05) is 11.4 Å². The lowest BCUT2D eigenvalue weighted by atomic mass is 10.2. The summed E-state index contributed by atoms with van der Waals surface area (Å²) in [4.78, 5) is 11.7. The first-order valence-corrected chi connectivity index (χ1v) is 6.25. The summed E-state index contributed by atoms with van der Waals surface area (Å²) in [6, 6.07) is 5.04. The number of carbonyl (C=O) groups is 1. The molecule has 1 amide bonds. The van der Waals surface area contributed by atoms with Crippen LogP contribution in [0.1, 0.15) is 17.3 Å². The Kier molecular flexibility index (Phi) is 4.90. The van der Waals surface area contributed by atoms with Gasteiger partial charge >= 0.3 is 0 Å². The van der Waals surface area contributed by atoms with Crippen molar-refractivity contribution in [2.75, 3.05) is 5.33 Å². The van der Waals surface area contributed by atoms with Gasteiger partial charge in [0.2, 0.25) is 0 Å². The molecular formula is C10H10BrCl2NO. The van der Waals surface area contributed by atoms with Gasteiger partial charge in [-0.15, -0.1) is 0 Å². The quantitative estimate of drug-likeness (QED) is 0.851. The average Bonchev–Trinajstić information content (AvgIpc) is 2.21. The van der Waals surface area contributed by atoms with Gasteiger partial charge in [-0.1, -0.05) is 45.2 Å². The molecule has 1 unspecified atom stereocenters. The van der Waals surface area contributed by atoms with Gasteiger partial charge in [-0.3, -0.25) is 4.79 Å². The lowest BCUT2D eigenvalue weighted by molar-refractivity contribution is 0.0944. The maximum Gasteiger partial charge on any atom is 0.253 e. The maximum atomic E-state index is 11.7. The summed E-state index contributed by atoms with van der Waals surface area (Å²) in [6.45, 7) is 1.89. The minimum Gasteiger partial charge on any atom is -0.349 e. The topological polar surface area (TPSA) is 29.1 Å². The minimum absolute atomic E-state index is 0.0487. The summed E-state index contributed by atoms with van der Waals surface area (Å²) in [5, 5.41) is 4.15. The van der Waals surface area contributed by atoms with Crippen molar-refractivity contribution in [2.45, 2.75) is 13.0 Å². The Balaban J connectivity index is 2.87. The number of rotatable bonds is 3. The van der Waals surface area contributed by atoms with Crippen LogP contribution in [0.25, 0.3) is 0 Å². The first-order chi connectivity index (χ1) is 7.06. The van der Waals surface area contributed by atoms with Gasteiger partial charge in [0.05, 0.1) is 15.6 Å². The Morgan fingerprint density at radius 2 is 2.20 bits per heavy atom. The van der Waals surface area contributed by atoms with Crippen molar-refractivity contribution >= 4 is 45.0 Å². The van der Waals surface area contributed by atoms with E-state index in [0.29, 0.717) is 20.9 Å². The molecule has 0 heterocycles. The maximum absolute atomic E-state index is 11.7. The molecule has 0 saturated heterocycles. The molecule has 1 atom stereocenters. The van der Waals surface area contributed by atoms with Crippen LogP contribution in [-0.4, -0.2) is 17.3 Å².